The maximum Gasteiger partial charge on any atom is 0.335 e. The van der Waals surface area contributed by atoms with Crippen LogP contribution >= 0.6 is 0 Å². The Morgan fingerprint density at radius 2 is 2.10 bits per heavy atom. The lowest BCUT2D eigenvalue weighted by atomic mass is 10.2. The molecule has 0 bridgehead atoms. The van der Waals surface area contributed by atoms with Gasteiger partial charge in [-0.2, -0.15) is 4.98 Å². The zero-order valence-corrected chi connectivity index (χ0v) is 11.6. The lowest BCUT2D eigenvalue weighted by molar-refractivity contribution is 0.0697. The predicted molar refractivity (Wildman–Crippen MR) is 80.1 cm³/mol. The number of nitrogens with zero attached hydrogens (tertiary/aromatic N) is 2. The van der Waals surface area contributed by atoms with Crippen molar-refractivity contribution < 1.29 is 9.90 Å². The van der Waals surface area contributed by atoms with E-state index in [1.165, 1.54) is 0 Å². The molecule has 0 radical (unpaired) electrons. The van der Waals surface area contributed by atoms with Gasteiger partial charge >= 0.3 is 5.97 Å². The fourth-order valence-corrected chi connectivity index (χ4v) is 1.99. The summed E-state index contributed by atoms with van der Waals surface area (Å²) in [6.45, 7) is 1.90. The van der Waals surface area contributed by atoms with Crippen molar-refractivity contribution in [1.29, 1.82) is 0 Å². The molecule has 1 heterocycles. The summed E-state index contributed by atoms with van der Waals surface area (Å²) < 4.78 is 0. The Bertz CT molecular complexity index is 683. The first-order valence-electron chi connectivity index (χ1n) is 6.83. The summed E-state index contributed by atoms with van der Waals surface area (Å²) in [7, 11) is 0. The molecule has 21 heavy (non-hydrogen) atoms. The van der Waals surface area contributed by atoms with E-state index in [9.17, 15) is 4.79 Å². The number of aromatic carboxylic acids is 1. The molecular formula is C15H16N4O2. The molecule has 0 unspecified atom stereocenters. The molecule has 1 aromatic carbocycles. The van der Waals surface area contributed by atoms with E-state index >= 15 is 0 Å². The number of benzene rings is 1. The third-order valence-electron chi connectivity index (χ3n) is 3.15. The third kappa shape index (κ3) is 3.47. The second-order valence-electron chi connectivity index (χ2n) is 5.15. The highest BCUT2D eigenvalue weighted by molar-refractivity contribution is 5.89. The molecule has 1 aliphatic rings. The Morgan fingerprint density at radius 1 is 1.29 bits per heavy atom. The molecular weight excluding hydrogens is 268 g/mol. The molecule has 6 heteroatoms. The van der Waals surface area contributed by atoms with Gasteiger partial charge in [0.1, 0.15) is 5.82 Å². The van der Waals surface area contributed by atoms with Gasteiger partial charge in [0.15, 0.2) is 0 Å². The summed E-state index contributed by atoms with van der Waals surface area (Å²) in [6, 6.07) is 8.94. The molecule has 0 spiro atoms. The van der Waals surface area contributed by atoms with Crippen LogP contribution in [-0.4, -0.2) is 27.1 Å². The van der Waals surface area contributed by atoms with Crippen LogP contribution in [0.15, 0.2) is 30.3 Å². The Hall–Kier alpha value is -2.63. The summed E-state index contributed by atoms with van der Waals surface area (Å²) in [6.07, 6.45) is 2.31. The molecule has 6 nitrogen and oxygen atoms in total. The fourth-order valence-electron chi connectivity index (χ4n) is 1.99. The second kappa shape index (κ2) is 5.40. The van der Waals surface area contributed by atoms with Crippen molar-refractivity contribution in [1.82, 2.24) is 9.97 Å². The van der Waals surface area contributed by atoms with Crippen LogP contribution in [0.25, 0.3) is 0 Å². The summed E-state index contributed by atoms with van der Waals surface area (Å²) in [5.74, 6) is 0.302. The van der Waals surface area contributed by atoms with Crippen LogP contribution in [0, 0.1) is 6.92 Å². The standard InChI is InChI=1S/C15H16N4O2/c1-9-7-13(19-15(16-9)18-11-5-6-11)17-12-4-2-3-10(8-12)14(20)21/h2-4,7-8,11H,5-6H2,1H3,(H,20,21)(H2,16,17,18,19). The minimum Gasteiger partial charge on any atom is -0.478 e. The maximum atomic E-state index is 11.0. The quantitative estimate of drug-likeness (QED) is 0.782. The predicted octanol–water partition coefficient (Wildman–Crippen LogP) is 2.80. The minimum atomic E-state index is -0.950. The highest BCUT2D eigenvalue weighted by Gasteiger charge is 2.22. The van der Waals surface area contributed by atoms with Gasteiger partial charge in [0, 0.05) is 23.5 Å². The highest BCUT2D eigenvalue weighted by Crippen LogP contribution is 2.24. The molecule has 2 aromatic rings. The first kappa shape index (κ1) is 13.4. The van der Waals surface area contributed by atoms with Gasteiger partial charge in [-0.05, 0) is 38.0 Å². The van der Waals surface area contributed by atoms with Gasteiger partial charge in [-0.3, -0.25) is 0 Å². The smallest absolute Gasteiger partial charge is 0.335 e. The van der Waals surface area contributed by atoms with Crippen LogP contribution in [0.5, 0.6) is 0 Å². The van der Waals surface area contributed by atoms with Crippen molar-refractivity contribution in [3.05, 3.63) is 41.6 Å². The van der Waals surface area contributed by atoms with Gasteiger partial charge in [0.2, 0.25) is 5.95 Å². The van der Waals surface area contributed by atoms with Crippen molar-refractivity contribution >= 4 is 23.4 Å². The van der Waals surface area contributed by atoms with E-state index in [0.717, 1.165) is 18.5 Å². The van der Waals surface area contributed by atoms with Gasteiger partial charge in [-0.1, -0.05) is 6.07 Å². The van der Waals surface area contributed by atoms with Crippen LogP contribution in [0.3, 0.4) is 0 Å². The van der Waals surface area contributed by atoms with E-state index in [1.54, 1.807) is 24.3 Å². The van der Waals surface area contributed by atoms with Gasteiger partial charge < -0.3 is 15.7 Å². The number of aryl methyl sites for hydroxylation is 1. The van der Waals surface area contributed by atoms with Crippen LogP contribution in [-0.2, 0) is 0 Å². The van der Waals surface area contributed by atoms with E-state index in [0.29, 0.717) is 23.5 Å². The average molecular weight is 284 g/mol. The summed E-state index contributed by atoms with van der Waals surface area (Å²) in [4.78, 5) is 19.7. The van der Waals surface area contributed by atoms with Gasteiger partial charge in [0.25, 0.3) is 0 Å². The van der Waals surface area contributed by atoms with Gasteiger partial charge in [0.05, 0.1) is 5.56 Å². The van der Waals surface area contributed by atoms with Crippen molar-refractivity contribution in [2.75, 3.05) is 10.6 Å². The summed E-state index contributed by atoms with van der Waals surface area (Å²) in [5.41, 5.74) is 1.78. The Kier molecular flexibility index (Phi) is 3.43. The molecule has 1 fully saturated rings. The largest absolute Gasteiger partial charge is 0.478 e. The van der Waals surface area contributed by atoms with Crippen molar-refractivity contribution in [2.45, 2.75) is 25.8 Å². The molecule has 108 valence electrons. The first-order chi connectivity index (χ1) is 10.1. The van der Waals surface area contributed by atoms with E-state index in [1.807, 2.05) is 13.0 Å². The van der Waals surface area contributed by atoms with E-state index < -0.39 is 5.97 Å². The van der Waals surface area contributed by atoms with Crippen LogP contribution in [0.2, 0.25) is 0 Å². The average Bonchev–Trinajstić information content (AvgIpc) is 3.22. The number of hydrogen-bond donors (Lipinski definition) is 3. The molecule has 0 saturated heterocycles. The van der Waals surface area contributed by atoms with Crippen LogP contribution in [0.4, 0.5) is 17.5 Å². The number of carboxylic acid groups (broad SMARTS) is 1. The second-order valence-corrected chi connectivity index (χ2v) is 5.15. The van der Waals surface area contributed by atoms with E-state index in [-0.39, 0.29) is 5.56 Å². The van der Waals surface area contributed by atoms with Crippen molar-refractivity contribution in [3.63, 3.8) is 0 Å². The Morgan fingerprint density at radius 3 is 2.81 bits per heavy atom. The lowest BCUT2D eigenvalue weighted by Gasteiger charge is -2.10. The number of hydrogen-bond acceptors (Lipinski definition) is 5. The number of anilines is 3. The molecule has 0 aliphatic heterocycles. The van der Waals surface area contributed by atoms with Crippen molar-refractivity contribution in [2.24, 2.45) is 0 Å². The van der Waals surface area contributed by atoms with E-state index in [4.69, 9.17) is 5.11 Å². The molecule has 3 rings (SSSR count). The maximum absolute atomic E-state index is 11.0. The SMILES string of the molecule is Cc1cc(Nc2cccc(C(=O)O)c2)nc(NC2CC2)n1. The normalized spacial score (nSPS) is 13.8. The number of nitrogens with one attached hydrogen (secondary N) is 2. The number of aromatic nitrogens is 2. The fraction of sp³-hybridized carbons (Fsp3) is 0.267. The van der Waals surface area contributed by atoms with Gasteiger partial charge in [-0.25, -0.2) is 9.78 Å². The lowest BCUT2D eigenvalue weighted by Crippen LogP contribution is -2.07. The van der Waals surface area contributed by atoms with Gasteiger partial charge in [-0.15, -0.1) is 0 Å². The first-order valence-corrected chi connectivity index (χ1v) is 6.83. The molecule has 0 atom stereocenters. The molecule has 1 saturated carbocycles. The van der Waals surface area contributed by atoms with Crippen LogP contribution < -0.4 is 10.6 Å². The Balaban J connectivity index is 1.81. The Labute approximate surface area is 122 Å². The number of rotatable bonds is 5. The highest BCUT2D eigenvalue weighted by atomic mass is 16.4. The van der Waals surface area contributed by atoms with E-state index in [2.05, 4.69) is 20.6 Å². The topological polar surface area (TPSA) is 87.1 Å². The zero-order chi connectivity index (χ0) is 14.8. The van der Waals surface area contributed by atoms with Crippen molar-refractivity contribution in [3.8, 4) is 0 Å². The number of carboxylic acids is 1. The summed E-state index contributed by atoms with van der Waals surface area (Å²) in [5, 5.41) is 15.4. The molecule has 0 amide bonds. The molecule has 3 N–H and O–H groups in total. The monoisotopic (exact) mass is 284 g/mol. The molecule has 1 aliphatic carbocycles. The van der Waals surface area contributed by atoms with Crippen LogP contribution in [0.1, 0.15) is 28.9 Å². The third-order valence-corrected chi connectivity index (χ3v) is 3.15. The zero-order valence-electron chi connectivity index (χ0n) is 11.6. The summed E-state index contributed by atoms with van der Waals surface area (Å²) >= 11 is 0. The minimum absolute atomic E-state index is 0.238. The molecule has 1 aromatic heterocycles. The number of carbonyl (C=O) groups is 1.